The van der Waals surface area contributed by atoms with Gasteiger partial charge in [-0.3, -0.25) is 19.5 Å². The minimum absolute atomic E-state index is 0.0345. The summed E-state index contributed by atoms with van der Waals surface area (Å²) in [6.07, 6.45) is 3.41. The van der Waals surface area contributed by atoms with Crippen LogP contribution in [0.2, 0.25) is 5.02 Å². The molecule has 2 aromatic carbocycles. The van der Waals surface area contributed by atoms with Crippen LogP contribution in [0.25, 0.3) is 17.0 Å². The standard InChI is InChI=1S/C26H19ClN4O3/c1-16-11-13-29(14-12-16)23-22(24(32)30(26(23)34)20-10-6-7-18(27)15-20)21-17(2)28-31(25(21)33)19-8-4-3-5-9-19/h3-15H,1-2H3/p+1. The first-order chi connectivity index (χ1) is 16.4. The second kappa shape index (κ2) is 8.28. The second-order valence-electron chi connectivity index (χ2n) is 8.02. The number of para-hydroxylation sites is 1. The Kier molecular flexibility index (Phi) is 5.26. The van der Waals surface area contributed by atoms with E-state index in [1.807, 2.05) is 37.3 Å². The number of halogens is 1. The van der Waals surface area contributed by atoms with E-state index < -0.39 is 17.4 Å². The minimum Gasteiger partial charge on any atom is -0.295 e. The zero-order chi connectivity index (χ0) is 24.0. The number of H-pyrrole nitrogens is 1. The van der Waals surface area contributed by atoms with Crippen LogP contribution in [0.15, 0.2) is 83.9 Å². The molecule has 2 amide bonds. The maximum absolute atomic E-state index is 13.8. The summed E-state index contributed by atoms with van der Waals surface area (Å²) in [6, 6.07) is 19.2. The molecule has 0 saturated carbocycles. The predicted molar refractivity (Wildman–Crippen MR) is 130 cm³/mol. The lowest BCUT2D eigenvalue weighted by atomic mass is 10.1. The predicted octanol–water partition coefficient (Wildman–Crippen LogP) is 3.67. The van der Waals surface area contributed by atoms with Crippen LogP contribution >= 0.6 is 11.6 Å². The summed E-state index contributed by atoms with van der Waals surface area (Å²) < 4.78 is 2.95. The van der Waals surface area contributed by atoms with E-state index in [9.17, 15) is 14.4 Å². The Bertz CT molecular complexity index is 1530. The van der Waals surface area contributed by atoms with E-state index in [4.69, 9.17) is 11.6 Å². The van der Waals surface area contributed by atoms with Crippen LogP contribution in [0.3, 0.4) is 0 Å². The number of hydrogen-bond acceptors (Lipinski definition) is 3. The first kappa shape index (κ1) is 21.6. The van der Waals surface area contributed by atoms with Gasteiger partial charge in [0.15, 0.2) is 12.4 Å². The number of nitrogens with zero attached hydrogens (tertiary/aromatic N) is 3. The van der Waals surface area contributed by atoms with Gasteiger partial charge in [0.25, 0.3) is 17.2 Å². The van der Waals surface area contributed by atoms with Crippen molar-refractivity contribution in [3.8, 4) is 5.69 Å². The molecule has 0 radical (unpaired) electrons. The SMILES string of the molecule is Cc1cc[n+](C2=C(c3c(C)[nH]n(-c4ccccc4)c3=O)C(=O)N(c3cccc(Cl)c3)C2=O)cc1. The number of benzene rings is 2. The third-order valence-corrected chi connectivity index (χ3v) is 5.95. The molecule has 1 aliphatic rings. The quantitative estimate of drug-likeness (QED) is 0.364. The van der Waals surface area contributed by atoms with E-state index in [0.717, 1.165) is 10.5 Å². The highest BCUT2D eigenvalue weighted by atomic mass is 35.5. The van der Waals surface area contributed by atoms with Gasteiger partial charge in [-0.15, -0.1) is 0 Å². The maximum atomic E-state index is 13.8. The molecule has 0 bridgehead atoms. The summed E-state index contributed by atoms with van der Waals surface area (Å²) in [6.45, 7) is 3.63. The molecule has 1 aliphatic heterocycles. The van der Waals surface area contributed by atoms with Gasteiger partial charge in [0, 0.05) is 22.8 Å². The molecule has 4 aromatic rings. The Morgan fingerprint density at radius 2 is 1.50 bits per heavy atom. The van der Waals surface area contributed by atoms with Crippen molar-refractivity contribution < 1.29 is 14.2 Å². The van der Waals surface area contributed by atoms with Gasteiger partial charge in [0.1, 0.15) is 5.57 Å². The number of aryl methyl sites for hydroxylation is 2. The number of amides is 2. The van der Waals surface area contributed by atoms with E-state index in [-0.39, 0.29) is 16.8 Å². The van der Waals surface area contributed by atoms with Gasteiger partial charge >= 0.3 is 5.91 Å². The molecule has 2 aromatic heterocycles. The topological polar surface area (TPSA) is 79.1 Å². The van der Waals surface area contributed by atoms with Crippen molar-refractivity contribution in [3.05, 3.63) is 111 Å². The average Bonchev–Trinajstić information content (AvgIpc) is 3.26. The maximum Gasteiger partial charge on any atom is 0.331 e. The Morgan fingerprint density at radius 3 is 2.18 bits per heavy atom. The van der Waals surface area contributed by atoms with Crippen molar-refractivity contribution in [2.45, 2.75) is 13.8 Å². The Labute approximate surface area is 200 Å². The lowest BCUT2D eigenvalue weighted by Crippen LogP contribution is -2.39. The van der Waals surface area contributed by atoms with Gasteiger partial charge in [-0.05, 0) is 49.7 Å². The van der Waals surface area contributed by atoms with Gasteiger partial charge in [-0.25, -0.2) is 9.58 Å². The average molecular weight is 472 g/mol. The number of hydrogen-bond donors (Lipinski definition) is 1. The molecule has 0 spiro atoms. The van der Waals surface area contributed by atoms with Crippen LogP contribution in [-0.4, -0.2) is 21.6 Å². The van der Waals surface area contributed by atoms with Crippen molar-refractivity contribution in [3.63, 3.8) is 0 Å². The number of imide groups is 1. The third kappa shape index (κ3) is 3.47. The molecular weight excluding hydrogens is 452 g/mol. The highest BCUT2D eigenvalue weighted by molar-refractivity contribution is 6.53. The molecule has 168 valence electrons. The largest absolute Gasteiger partial charge is 0.331 e. The molecule has 34 heavy (non-hydrogen) atoms. The molecule has 1 N–H and O–H groups in total. The van der Waals surface area contributed by atoms with Crippen molar-refractivity contribution in [1.29, 1.82) is 0 Å². The summed E-state index contributed by atoms with van der Waals surface area (Å²) >= 11 is 6.14. The molecule has 7 nitrogen and oxygen atoms in total. The number of carbonyl (C=O) groups is 2. The third-order valence-electron chi connectivity index (χ3n) is 5.72. The molecular formula is C26H20ClN4O3+. The van der Waals surface area contributed by atoms with Gasteiger partial charge in [0.2, 0.25) is 0 Å². The van der Waals surface area contributed by atoms with Crippen LogP contribution in [0.1, 0.15) is 16.8 Å². The fourth-order valence-electron chi connectivity index (χ4n) is 4.08. The van der Waals surface area contributed by atoms with Crippen LogP contribution in [-0.2, 0) is 9.59 Å². The Hall–Kier alpha value is -4.23. The highest BCUT2D eigenvalue weighted by Gasteiger charge is 2.48. The normalized spacial score (nSPS) is 13.8. The molecule has 0 unspecified atom stereocenters. The monoisotopic (exact) mass is 471 g/mol. The molecule has 0 aliphatic carbocycles. The number of nitrogens with one attached hydrogen (secondary N) is 1. The number of anilines is 1. The molecule has 0 fully saturated rings. The van der Waals surface area contributed by atoms with Gasteiger partial charge in [-0.2, -0.15) is 4.57 Å². The number of rotatable bonds is 4. The molecule has 0 atom stereocenters. The van der Waals surface area contributed by atoms with Crippen LogP contribution in [0, 0.1) is 13.8 Å². The van der Waals surface area contributed by atoms with Crippen molar-refractivity contribution in [2.24, 2.45) is 0 Å². The Balaban J connectivity index is 1.76. The zero-order valence-corrected chi connectivity index (χ0v) is 19.2. The van der Waals surface area contributed by atoms with Gasteiger partial charge in [-0.1, -0.05) is 35.9 Å². The molecule has 8 heteroatoms. The van der Waals surface area contributed by atoms with Crippen molar-refractivity contribution in [1.82, 2.24) is 9.78 Å². The number of aromatic amines is 1. The Morgan fingerprint density at radius 1 is 0.824 bits per heavy atom. The lowest BCUT2D eigenvalue weighted by molar-refractivity contribution is -0.576. The van der Waals surface area contributed by atoms with Crippen LogP contribution < -0.4 is 15.0 Å². The highest BCUT2D eigenvalue weighted by Crippen LogP contribution is 2.34. The number of carbonyl (C=O) groups excluding carboxylic acids is 2. The smallest absolute Gasteiger partial charge is 0.295 e. The second-order valence-corrected chi connectivity index (χ2v) is 8.46. The van der Waals surface area contributed by atoms with E-state index in [1.54, 1.807) is 60.3 Å². The van der Waals surface area contributed by atoms with Crippen LogP contribution in [0.4, 0.5) is 5.69 Å². The first-order valence-electron chi connectivity index (χ1n) is 10.6. The molecule has 5 rings (SSSR count). The number of aromatic nitrogens is 3. The van der Waals surface area contributed by atoms with Gasteiger partial charge < -0.3 is 0 Å². The summed E-state index contributed by atoms with van der Waals surface area (Å²) in [5.41, 5.74) is 2.29. The molecule has 3 heterocycles. The van der Waals surface area contributed by atoms with Crippen molar-refractivity contribution >= 4 is 40.4 Å². The fraction of sp³-hybridized carbons (Fsp3) is 0.0769. The minimum atomic E-state index is -0.588. The summed E-state index contributed by atoms with van der Waals surface area (Å²) in [5, 5.41) is 3.43. The van der Waals surface area contributed by atoms with Crippen LogP contribution in [0.5, 0.6) is 0 Å². The lowest BCUT2D eigenvalue weighted by Gasteiger charge is -2.14. The zero-order valence-electron chi connectivity index (χ0n) is 18.4. The van der Waals surface area contributed by atoms with Gasteiger partial charge in [0.05, 0.1) is 16.9 Å². The summed E-state index contributed by atoms with van der Waals surface area (Å²) in [7, 11) is 0. The first-order valence-corrected chi connectivity index (χ1v) is 11.0. The van der Waals surface area contributed by atoms with E-state index in [1.165, 1.54) is 4.68 Å². The summed E-state index contributed by atoms with van der Waals surface area (Å²) in [4.78, 5) is 42.0. The van der Waals surface area contributed by atoms with E-state index >= 15 is 0 Å². The van der Waals surface area contributed by atoms with E-state index in [2.05, 4.69) is 5.10 Å². The fourth-order valence-corrected chi connectivity index (χ4v) is 4.27. The van der Waals surface area contributed by atoms with Crippen molar-refractivity contribution in [2.75, 3.05) is 4.90 Å². The van der Waals surface area contributed by atoms with E-state index in [0.29, 0.717) is 22.1 Å². The summed E-state index contributed by atoms with van der Waals surface area (Å²) in [5.74, 6) is -1.13. The molecule has 0 saturated heterocycles. The number of pyridine rings is 1.